The lowest BCUT2D eigenvalue weighted by atomic mass is 9.74. The Morgan fingerprint density at radius 2 is 2.13 bits per heavy atom. The van der Waals surface area contributed by atoms with Crippen LogP contribution in [0.5, 0.6) is 0 Å². The molecule has 0 bridgehead atoms. The third-order valence-electron chi connectivity index (χ3n) is 2.97. The highest BCUT2D eigenvalue weighted by molar-refractivity contribution is 5.36. The van der Waals surface area contributed by atoms with Gasteiger partial charge in [0, 0.05) is 5.57 Å². The largest absolute Gasteiger partial charge is 0.198 e. The van der Waals surface area contributed by atoms with E-state index in [2.05, 4.69) is 25.1 Å². The Hall–Kier alpha value is -1.54. The van der Waals surface area contributed by atoms with Gasteiger partial charge in [0.15, 0.2) is 0 Å². The summed E-state index contributed by atoms with van der Waals surface area (Å²) in [5.74, 6) is 1.27. The average Bonchev–Trinajstić information content (AvgIpc) is 2.22. The number of nitriles is 2. The van der Waals surface area contributed by atoms with Crippen molar-refractivity contribution in [3.63, 3.8) is 0 Å². The van der Waals surface area contributed by atoms with Crippen LogP contribution in [-0.2, 0) is 0 Å². The van der Waals surface area contributed by atoms with E-state index in [1.165, 1.54) is 12.8 Å². The number of hydrogen-bond acceptors (Lipinski definition) is 2. The second kappa shape index (κ2) is 5.37. The first-order chi connectivity index (χ1) is 7.17. The first-order valence-electron chi connectivity index (χ1n) is 5.33. The maximum absolute atomic E-state index is 8.95. The smallest absolute Gasteiger partial charge is 0.0988 e. The SMILES string of the molecule is C/C(=C\C(C#N)=C/C1CCC1C)CC#N. The van der Waals surface area contributed by atoms with Gasteiger partial charge in [0.05, 0.1) is 18.6 Å². The van der Waals surface area contributed by atoms with E-state index in [1.807, 2.05) is 13.0 Å². The monoisotopic (exact) mass is 200 g/mol. The second-order valence-electron chi connectivity index (χ2n) is 4.28. The molecule has 0 heterocycles. The summed E-state index contributed by atoms with van der Waals surface area (Å²) >= 11 is 0. The van der Waals surface area contributed by atoms with Crippen molar-refractivity contribution in [3.05, 3.63) is 23.3 Å². The Labute approximate surface area is 91.5 Å². The van der Waals surface area contributed by atoms with Crippen LogP contribution in [0.2, 0.25) is 0 Å². The van der Waals surface area contributed by atoms with E-state index in [-0.39, 0.29) is 0 Å². The van der Waals surface area contributed by atoms with Crippen molar-refractivity contribution in [3.8, 4) is 12.1 Å². The summed E-state index contributed by atoms with van der Waals surface area (Å²) in [6.45, 7) is 4.10. The third kappa shape index (κ3) is 3.26. The summed E-state index contributed by atoms with van der Waals surface area (Å²) in [6, 6.07) is 4.27. The van der Waals surface area contributed by atoms with Crippen molar-refractivity contribution in [1.29, 1.82) is 10.5 Å². The molecule has 0 aliphatic heterocycles. The van der Waals surface area contributed by atoms with Crippen LogP contribution < -0.4 is 0 Å². The maximum atomic E-state index is 8.95. The minimum atomic E-state index is 0.402. The van der Waals surface area contributed by atoms with Gasteiger partial charge in [-0.1, -0.05) is 18.6 Å². The standard InChI is InChI=1S/C13H16N2/c1-10(5-6-14)7-12(9-15)8-13-4-3-11(13)2/h7-8,11,13H,3-5H2,1-2H3/b10-7+,12-8+. The summed E-state index contributed by atoms with van der Waals surface area (Å²) in [4.78, 5) is 0. The van der Waals surface area contributed by atoms with Crippen molar-refractivity contribution in [2.45, 2.75) is 33.1 Å². The Balaban J connectivity index is 2.68. The molecule has 0 aromatic rings. The Bertz CT molecular complexity index is 363. The van der Waals surface area contributed by atoms with Crippen molar-refractivity contribution in [2.24, 2.45) is 11.8 Å². The molecule has 0 N–H and O–H groups in total. The minimum absolute atomic E-state index is 0.402. The van der Waals surface area contributed by atoms with Crippen LogP contribution in [0.25, 0.3) is 0 Å². The van der Waals surface area contributed by atoms with Crippen molar-refractivity contribution in [2.75, 3.05) is 0 Å². The van der Waals surface area contributed by atoms with Gasteiger partial charge in [-0.3, -0.25) is 0 Å². The fourth-order valence-electron chi connectivity index (χ4n) is 1.73. The van der Waals surface area contributed by atoms with Crippen molar-refractivity contribution < 1.29 is 0 Å². The van der Waals surface area contributed by atoms with Crippen LogP contribution in [-0.4, -0.2) is 0 Å². The van der Waals surface area contributed by atoms with Gasteiger partial charge in [0.25, 0.3) is 0 Å². The number of nitrogens with zero attached hydrogens (tertiary/aromatic N) is 2. The fraction of sp³-hybridized carbons (Fsp3) is 0.538. The predicted molar refractivity (Wildman–Crippen MR) is 59.6 cm³/mol. The van der Waals surface area contributed by atoms with Crippen LogP contribution in [0.1, 0.15) is 33.1 Å². The molecule has 1 fully saturated rings. The Morgan fingerprint density at radius 1 is 1.40 bits per heavy atom. The average molecular weight is 200 g/mol. The molecule has 2 unspecified atom stereocenters. The summed E-state index contributed by atoms with van der Waals surface area (Å²) < 4.78 is 0. The summed E-state index contributed by atoms with van der Waals surface area (Å²) in [5.41, 5.74) is 1.66. The first-order valence-corrected chi connectivity index (χ1v) is 5.33. The van der Waals surface area contributed by atoms with Crippen LogP contribution in [0, 0.1) is 34.5 Å². The lowest BCUT2D eigenvalue weighted by Crippen LogP contribution is -2.20. The highest BCUT2D eigenvalue weighted by Crippen LogP contribution is 2.35. The summed E-state index contributed by atoms with van der Waals surface area (Å²) in [5, 5.41) is 17.5. The molecule has 15 heavy (non-hydrogen) atoms. The van der Waals surface area contributed by atoms with E-state index in [0.29, 0.717) is 23.8 Å². The second-order valence-corrected chi connectivity index (χ2v) is 4.28. The van der Waals surface area contributed by atoms with Crippen LogP contribution in [0.4, 0.5) is 0 Å². The van der Waals surface area contributed by atoms with Gasteiger partial charge in [0.1, 0.15) is 0 Å². The minimum Gasteiger partial charge on any atom is -0.198 e. The molecule has 0 saturated heterocycles. The molecule has 0 aromatic heterocycles. The Kier molecular flexibility index (Phi) is 4.13. The topological polar surface area (TPSA) is 47.6 Å². The van der Waals surface area contributed by atoms with E-state index in [9.17, 15) is 0 Å². The molecule has 0 aromatic carbocycles. The van der Waals surface area contributed by atoms with E-state index >= 15 is 0 Å². The molecule has 1 saturated carbocycles. The van der Waals surface area contributed by atoms with Crippen molar-refractivity contribution >= 4 is 0 Å². The molecule has 2 heteroatoms. The molecule has 2 atom stereocenters. The molecule has 0 spiro atoms. The molecule has 1 rings (SSSR count). The molecule has 1 aliphatic carbocycles. The van der Waals surface area contributed by atoms with Crippen LogP contribution in [0.3, 0.4) is 0 Å². The van der Waals surface area contributed by atoms with E-state index in [0.717, 1.165) is 5.57 Å². The molecule has 2 nitrogen and oxygen atoms in total. The van der Waals surface area contributed by atoms with Gasteiger partial charge >= 0.3 is 0 Å². The fourth-order valence-corrected chi connectivity index (χ4v) is 1.73. The first kappa shape index (κ1) is 11.5. The molecular formula is C13H16N2. The molecule has 0 amide bonds. The lowest BCUT2D eigenvalue weighted by Gasteiger charge is -2.31. The van der Waals surface area contributed by atoms with Crippen LogP contribution >= 0.6 is 0 Å². The summed E-state index contributed by atoms with van der Waals surface area (Å²) in [6.07, 6.45) is 6.74. The van der Waals surface area contributed by atoms with Crippen LogP contribution in [0.15, 0.2) is 23.3 Å². The number of allylic oxidation sites excluding steroid dienone is 4. The van der Waals surface area contributed by atoms with E-state index in [1.54, 1.807) is 0 Å². The molecular weight excluding hydrogens is 184 g/mol. The van der Waals surface area contributed by atoms with Gasteiger partial charge < -0.3 is 0 Å². The lowest BCUT2D eigenvalue weighted by molar-refractivity contribution is 0.251. The predicted octanol–water partition coefficient (Wildman–Crippen LogP) is 3.34. The number of hydrogen-bond donors (Lipinski definition) is 0. The molecule has 0 radical (unpaired) electrons. The van der Waals surface area contributed by atoms with Gasteiger partial charge in [-0.05, 0) is 37.7 Å². The van der Waals surface area contributed by atoms with Gasteiger partial charge in [-0.2, -0.15) is 10.5 Å². The molecule has 1 aliphatic rings. The number of rotatable bonds is 3. The van der Waals surface area contributed by atoms with E-state index < -0.39 is 0 Å². The maximum Gasteiger partial charge on any atom is 0.0988 e. The Morgan fingerprint density at radius 3 is 2.53 bits per heavy atom. The zero-order chi connectivity index (χ0) is 11.3. The summed E-state index contributed by atoms with van der Waals surface area (Å²) in [7, 11) is 0. The van der Waals surface area contributed by atoms with Gasteiger partial charge in [-0.15, -0.1) is 0 Å². The highest BCUT2D eigenvalue weighted by atomic mass is 14.3. The quantitative estimate of drug-likeness (QED) is 0.518. The molecule has 78 valence electrons. The zero-order valence-electron chi connectivity index (χ0n) is 9.33. The zero-order valence-corrected chi connectivity index (χ0v) is 9.33. The van der Waals surface area contributed by atoms with Gasteiger partial charge in [0.2, 0.25) is 0 Å². The van der Waals surface area contributed by atoms with E-state index in [4.69, 9.17) is 10.5 Å². The van der Waals surface area contributed by atoms with Gasteiger partial charge in [-0.25, -0.2) is 0 Å². The third-order valence-corrected chi connectivity index (χ3v) is 2.97. The van der Waals surface area contributed by atoms with Crippen molar-refractivity contribution in [1.82, 2.24) is 0 Å². The normalized spacial score (nSPS) is 26.4. The highest BCUT2D eigenvalue weighted by Gasteiger charge is 2.24.